The molecule has 0 unspecified atom stereocenters. The molecule has 0 saturated carbocycles. The summed E-state index contributed by atoms with van der Waals surface area (Å²) in [6.45, 7) is 4.33. The number of benzene rings is 1. The molecule has 1 aromatic rings. The number of aryl methyl sites for hydroxylation is 1. The summed E-state index contributed by atoms with van der Waals surface area (Å²) in [4.78, 5) is 0. The normalized spacial score (nSPS) is 11.5. The molecule has 0 atom stereocenters. The minimum Gasteiger partial charge on any atom is -0.497 e. The fourth-order valence-electron chi connectivity index (χ4n) is 1.79. The van der Waals surface area contributed by atoms with Crippen molar-refractivity contribution in [2.45, 2.75) is 45.1 Å². The van der Waals surface area contributed by atoms with Gasteiger partial charge in [-0.05, 0) is 43.4 Å². The topological polar surface area (TPSA) is 35.2 Å². The summed E-state index contributed by atoms with van der Waals surface area (Å²) in [5, 5.41) is 0. The van der Waals surface area contributed by atoms with Crippen molar-refractivity contribution in [3.63, 3.8) is 0 Å². The first-order valence-electron chi connectivity index (χ1n) is 6.05. The van der Waals surface area contributed by atoms with Crippen molar-refractivity contribution in [3.05, 3.63) is 29.8 Å². The molecule has 1 rings (SSSR count). The van der Waals surface area contributed by atoms with Gasteiger partial charge in [0.2, 0.25) is 0 Å². The molecule has 0 spiro atoms. The van der Waals surface area contributed by atoms with E-state index in [1.54, 1.807) is 7.11 Å². The summed E-state index contributed by atoms with van der Waals surface area (Å²) in [5.74, 6) is 0.911. The highest BCUT2D eigenvalue weighted by atomic mass is 16.5. The molecule has 0 aliphatic carbocycles. The third kappa shape index (κ3) is 3.53. The van der Waals surface area contributed by atoms with Gasteiger partial charge in [0.15, 0.2) is 0 Å². The van der Waals surface area contributed by atoms with Crippen molar-refractivity contribution < 1.29 is 4.74 Å². The van der Waals surface area contributed by atoms with Gasteiger partial charge in [0.05, 0.1) is 7.11 Å². The van der Waals surface area contributed by atoms with Gasteiger partial charge in [0, 0.05) is 5.54 Å². The van der Waals surface area contributed by atoms with Crippen molar-refractivity contribution in [1.82, 2.24) is 0 Å². The first-order chi connectivity index (χ1) is 7.63. The molecule has 0 aliphatic rings. The Morgan fingerprint density at radius 3 is 2.12 bits per heavy atom. The number of rotatable bonds is 6. The van der Waals surface area contributed by atoms with Crippen LogP contribution in [-0.4, -0.2) is 12.6 Å². The Kier molecular flexibility index (Phi) is 4.81. The zero-order valence-electron chi connectivity index (χ0n) is 10.6. The molecule has 0 amide bonds. The van der Waals surface area contributed by atoms with Crippen molar-refractivity contribution in [2.75, 3.05) is 7.11 Å². The van der Waals surface area contributed by atoms with Crippen molar-refractivity contribution >= 4 is 0 Å². The summed E-state index contributed by atoms with van der Waals surface area (Å²) in [6, 6.07) is 8.24. The van der Waals surface area contributed by atoms with Crippen LogP contribution < -0.4 is 10.5 Å². The summed E-state index contributed by atoms with van der Waals surface area (Å²) < 4.78 is 5.13. The lowest BCUT2D eigenvalue weighted by molar-refractivity contribution is 0.367. The van der Waals surface area contributed by atoms with Crippen LogP contribution in [0.25, 0.3) is 0 Å². The standard InChI is InChI=1S/C14H23NO/c1-4-14(15,5-2)11-10-12-6-8-13(16-3)9-7-12/h6-9H,4-5,10-11,15H2,1-3H3. The van der Waals surface area contributed by atoms with Crippen molar-refractivity contribution in [3.8, 4) is 5.75 Å². The maximum absolute atomic E-state index is 6.28. The van der Waals surface area contributed by atoms with Crippen LogP contribution >= 0.6 is 0 Å². The largest absolute Gasteiger partial charge is 0.497 e. The Bertz CT molecular complexity index is 301. The molecule has 2 nitrogen and oxygen atoms in total. The van der Waals surface area contributed by atoms with Crippen molar-refractivity contribution in [2.24, 2.45) is 5.73 Å². The van der Waals surface area contributed by atoms with E-state index in [4.69, 9.17) is 10.5 Å². The number of hydrogen-bond acceptors (Lipinski definition) is 2. The average Bonchev–Trinajstić information content (AvgIpc) is 2.36. The molecule has 1 aromatic carbocycles. The van der Waals surface area contributed by atoms with Crippen LogP contribution in [0.2, 0.25) is 0 Å². The second kappa shape index (κ2) is 5.90. The molecule has 16 heavy (non-hydrogen) atoms. The minimum atomic E-state index is -0.0000717. The van der Waals surface area contributed by atoms with E-state index in [0.29, 0.717) is 0 Å². The molecular weight excluding hydrogens is 198 g/mol. The van der Waals surface area contributed by atoms with Crippen LogP contribution in [0.5, 0.6) is 5.75 Å². The monoisotopic (exact) mass is 221 g/mol. The van der Waals surface area contributed by atoms with E-state index in [1.807, 2.05) is 12.1 Å². The van der Waals surface area contributed by atoms with E-state index < -0.39 is 0 Å². The van der Waals surface area contributed by atoms with E-state index in [-0.39, 0.29) is 5.54 Å². The number of methoxy groups -OCH3 is 1. The van der Waals surface area contributed by atoms with Crippen LogP contribution in [0.1, 0.15) is 38.7 Å². The summed E-state index contributed by atoms with van der Waals surface area (Å²) in [6.07, 6.45) is 4.17. The predicted octanol–water partition coefficient (Wildman–Crippen LogP) is 3.15. The van der Waals surface area contributed by atoms with Gasteiger partial charge in [0.1, 0.15) is 5.75 Å². The molecule has 0 fully saturated rings. The predicted molar refractivity (Wildman–Crippen MR) is 68.8 cm³/mol. The third-order valence-electron chi connectivity index (χ3n) is 3.48. The van der Waals surface area contributed by atoms with Gasteiger partial charge >= 0.3 is 0 Å². The smallest absolute Gasteiger partial charge is 0.118 e. The van der Waals surface area contributed by atoms with E-state index in [2.05, 4.69) is 26.0 Å². The van der Waals surface area contributed by atoms with E-state index in [9.17, 15) is 0 Å². The Morgan fingerprint density at radius 2 is 1.69 bits per heavy atom. The summed E-state index contributed by atoms with van der Waals surface area (Å²) >= 11 is 0. The highest BCUT2D eigenvalue weighted by Gasteiger charge is 2.19. The lowest BCUT2D eigenvalue weighted by Gasteiger charge is -2.26. The first kappa shape index (κ1) is 13.0. The molecule has 90 valence electrons. The number of ether oxygens (including phenoxy) is 1. The second-order valence-electron chi connectivity index (χ2n) is 4.42. The average molecular weight is 221 g/mol. The molecule has 0 radical (unpaired) electrons. The fourth-order valence-corrected chi connectivity index (χ4v) is 1.79. The van der Waals surface area contributed by atoms with E-state index in [1.165, 1.54) is 5.56 Å². The van der Waals surface area contributed by atoms with Gasteiger partial charge in [-0.1, -0.05) is 26.0 Å². The number of hydrogen-bond donors (Lipinski definition) is 1. The fraction of sp³-hybridized carbons (Fsp3) is 0.571. The van der Waals surface area contributed by atoms with Gasteiger partial charge in [-0.2, -0.15) is 0 Å². The second-order valence-corrected chi connectivity index (χ2v) is 4.42. The van der Waals surface area contributed by atoms with Gasteiger partial charge in [-0.3, -0.25) is 0 Å². The van der Waals surface area contributed by atoms with Gasteiger partial charge in [0.25, 0.3) is 0 Å². The zero-order valence-corrected chi connectivity index (χ0v) is 10.6. The van der Waals surface area contributed by atoms with Crippen LogP contribution in [0.4, 0.5) is 0 Å². The van der Waals surface area contributed by atoms with Crippen molar-refractivity contribution in [1.29, 1.82) is 0 Å². The lowest BCUT2D eigenvalue weighted by atomic mass is 9.87. The Labute approximate surface area is 98.8 Å². The maximum Gasteiger partial charge on any atom is 0.118 e. The van der Waals surface area contributed by atoms with Crippen LogP contribution in [0.3, 0.4) is 0 Å². The van der Waals surface area contributed by atoms with E-state index in [0.717, 1.165) is 31.4 Å². The van der Waals surface area contributed by atoms with Crippen LogP contribution in [0, 0.1) is 0 Å². The summed E-state index contributed by atoms with van der Waals surface area (Å²) in [5.41, 5.74) is 7.61. The molecule has 2 N–H and O–H groups in total. The zero-order chi connectivity index (χ0) is 12.0. The molecule has 0 saturated heterocycles. The molecule has 0 heterocycles. The first-order valence-corrected chi connectivity index (χ1v) is 6.05. The Morgan fingerprint density at radius 1 is 1.12 bits per heavy atom. The molecule has 0 aromatic heterocycles. The van der Waals surface area contributed by atoms with Gasteiger partial charge in [-0.15, -0.1) is 0 Å². The lowest BCUT2D eigenvalue weighted by Crippen LogP contribution is -2.38. The van der Waals surface area contributed by atoms with Gasteiger partial charge in [-0.25, -0.2) is 0 Å². The molecule has 0 bridgehead atoms. The van der Waals surface area contributed by atoms with Gasteiger partial charge < -0.3 is 10.5 Å². The Balaban J connectivity index is 2.54. The van der Waals surface area contributed by atoms with E-state index >= 15 is 0 Å². The van der Waals surface area contributed by atoms with Crippen LogP contribution in [0.15, 0.2) is 24.3 Å². The third-order valence-corrected chi connectivity index (χ3v) is 3.48. The SMILES string of the molecule is CCC(N)(CC)CCc1ccc(OC)cc1. The number of nitrogens with two attached hydrogens (primary N) is 1. The minimum absolute atomic E-state index is 0.0000717. The highest BCUT2D eigenvalue weighted by Crippen LogP contribution is 2.20. The highest BCUT2D eigenvalue weighted by molar-refractivity contribution is 5.27. The van der Waals surface area contributed by atoms with Crippen LogP contribution in [-0.2, 0) is 6.42 Å². The quantitative estimate of drug-likeness (QED) is 0.801. The molecule has 0 aliphatic heterocycles. The summed E-state index contributed by atoms with van der Waals surface area (Å²) in [7, 11) is 1.69. The molecule has 2 heteroatoms. The Hall–Kier alpha value is -1.02. The maximum atomic E-state index is 6.28. The molecular formula is C14H23NO.